The summed E-state index contributed by atoms with van der Waals surface area (Å²) in [7, 11) is 1.92. The fourth-order valence-electron chi connectivity index (χ4n) is 4.58. The first-order valence-corrected chi connectivity index (χ1v) is 15.7. The molecule has 0 saturated heterocycles. The molecular formula is C34H35N7O5S. The molecule has 3 N–H and O–H groups in total. The summed E-state index contributed by atoms with van der Waals surface area (Å²) >= 11 is 1.48. The summed E-state index contributed by atoms with van der Waals surface area (Å²) in [6, 6.07) is 15.6. The first-order valence-electron chi connectivity index (χ1n) is 14.8. The van der Waals surface area contributed by atoms with Crippen LogP contribution in [0.2, 0.25) is 0 Å². The number of hydrogen-bond acceptors (Lipinski definition) is 11. The van der Waals surface area contributed by atoms with E-state index in [4.69, 9.17) is 26.5 Å². The molecule has 2 aromatic carbocycles. The second kappa shape index (κ2) is 14.3. The zero-order chi connectivity index (χ0) is 33.6. The molecule has 12 nitrogen and oxygen atoms in total. The van der Waals surface area contributed by atoms with Gasteiger partial charge in [-0.3, -0.25) is 9.79 Å². The summed E-state index contributed by atoms with van der Waals surface area (Å²) in [6.07, 6.45) is 3.41. The molecule has 0 bridgehead atoms. The Morgan fingerprint density at radius 2 is 1.89 bits per heavy atom. The average molecular weight is 654 g/mol. The molecule has 0 fully saturated rings. The molecule has 1 aliphatic rings. The van der Waals surface area contributed by atoms with Crippen LogP contribution in [-0.2, 0) is 33.8 Å². The number of thiophene rings is 1. The van der Waals surface area contributed by atoms with Crippen molar-refractivity contribution < 1.29 is 23.8 Å². The maximum atomic E-state index is 12.4. The monoisotopic (exact) mass is 653 g/mol. The fraction of sp³-hybridized carbons (Fsp3) is 0.294. The number of carbonyl (C=O) groups excluding carboxylic acids is 2. The highest BCUT2D eigenvalue weighted by atomic mass is 32.1. The number of nitrogens with one attached hydrogen (secondary N) is 1. The van der Waals surface area contributed by atoms with E-state index in [1.165, 1.54) is 11.3 Å². The third-order valence-electron chi connectivity index (χ3n) is 6.91. The van der Waals surface area contributed by atoms with Crippen LogP contribution >= 0.6 is 11.3 Å². The molecule has 0 aliphatic carbocycles. The van der Waals surface area contributed by atoms with Crippen LogP contribution in [0.1, 0.15) is 42.5 Å². The molecule has 0 atom stereocenters. The number of rotatable bonds is 11. The van der Waals surface area contributed by atoms with Gasteiger partial charge < -0.3 is 30.2 Å². The van der Waals surface area contributed by atoms with Gasteiger partial charge in [0.05, 0.1) is 18.8 Å². The zero-order valence-corrected chi connectivity index (χ0v) is 27.4. The number of benzene rings is 2. The second-order valence-corrected chi connectivity index (χ2v) is 12.8. The summed E-state index contributed by atoms with van der Waals surface area (Å²) in [5.74, 6) is -0.122. The summed E-state index contributed by atoms with van der Waals surface area (Å²) in [6.45, 7) is 14.0. The largest absolute Gasteiger partial charge is 0.471 e. The van der Waals surface area contributed by atoms with Crippen LogP contribution in [-0.4, -0.2) is 54.0 Å². The van der Waals surface area contributed by atoms with E-state index in [2.05, 4.69) is 25.1 Å². The molecule has 1 amide bonds. The maximum absolute atomic E-state index is 12.4. The lowest BCUT2D eigenvalue weighted by Gasteiger charge is -2.19. The van der Waals surface area contributed by atoms with E-state index in [-0.39, 0.29) is 24.9 Å². The molecule has 0 radical (unpaired) electrons. The minimum Gasteiger partial charge on any atom is -0.471 e. The number of aromatic nitrogens is 2. The van der Waals surface area contributed by atoms with Crippen LogP contribution in [0.3, 0.4) is 0 Å². The third kappa shape index (κ3) is 8.83. The molecule has 0 spiro atoms. The molecule has 0 unspecified atom stereocenters. The summed E-state index contributed by atoms with van der Waals surface area (Å²) in [5.41, 5.74) is 9.19. The summed E-state index contributed by atoms with van der Waals surface area (Å²) < 4.78 is 17.6. The van der Waals surface area contributed by atoms with Gasteiger partial charge in [0.25, 0.3) is 5.70 Å². The van der Waals surface area contributed by atoms with Crippen molar-refractivity contribution in [3.8, 4) is 5.88 Å². The lowest BCUT2D eigenvalue weighted by Crippen LogP contribution is -2.28. The van der Waals surface area contributed by atoms with E-state index < -0.39 is 17.7 Å². The SMILES string of the molecule is [C-]#[N+]/C(=C\c1cc2ccc(N(C)CCOC(=O)NCc3ccc(COc4nc(N)nc5c4N=CC5)cc3)cc2s1)C(=O)OC(C)(C)C. The third-order valence-corrected chi connectivity index (χ3v) is 7.96. The van der Waals surface area contributed by atoms with Crippen LogP contribution in [0.15, 0.2) is 59.2 Å². The number of esters is 1. The quantitative estimate of drug-likeness (QED) is 0.112. The average Bonchev–Trinajstić information content (AvgIpc) is 3.67. The van der Waals surface area contributed by atoms with Gasteiger partial charge in [0.2, 0.25) is 11.8 Å². The summed E-state index contributed by atoms with van der Waals surface area (Å²) in [4.78, 5) is 43.5. The normalized spacial score (nSPS) is 12.4. The number of aliphatic imine (C=N–C) groups is 1. The highest BCUT2D eigenvalue weighted by molar-refractivity contribution is 7.19. The van der Waals surface area contributed by atoms with Crippen LogP contribution in [0.25, 0.3) is 21.0 Å². The topological polar surface area (TPSA) is 146 Å². The van der Waals surface area contributed by atoms with Crippen LogP contribution in [0.5, 0.6) is 5.88 Å². The number of carbonyl (C=O) groups is 2. The smallest absolute Gasteiger partial charge is 0.407 e. The van der Waals surface area contributed by atoms with E-state index >= 15 is 0 Å². The van der Waals surface area contributed by atoms with Crippen molar-refractivity contribution in [2.24, 2.45) is 4.99 Å². The van der Waals surface area contributed by atoms with Crippen molar-refractivity contribution in [3.05, 3.63) is 87.3 Å². The Labute approximate surface area is 276 Å². The van der Waals surface area contributed by atoms with Crippen molar-refractivity contribution in [1.29, 1.82) is 0 Å². The van der Waals surface area contributed by atoms with Gasteiger partial charge in [0, 0.05) is 41.5 Å². The highest BCUT2D eigenvalue weighted by Crippen LogP contribution is 2.33. The number of ether oxygens (including phenoxy) is 3. The number of alkyl carbamates (subject to hydrolysis) is 1. The first-order chi connectivity index (χ1) is 22.5. The minimum absolute atomic E-state index is 0.0645. The first kappa shape index (κ1) is 32.9. The number of nitrogens with two attached hydrogens (primary N) is 1. The van der Waals surface area contributed by atoms with E-state index in [0.29, 0.717) is 31.1 Å². The number of amides is 1. The Balaban J connectivity index is 1.06. The molecule has 2 aromatic heterocycles. The molecule has 242 valence electrons. The van der Waals surface area contributed by atoms with Crippen molar-refractivity contribution in [2.75, 3.05) is 30.8 Å². The van der Waals surface area contributed by atoms with Crippen LogP contribution < -0.4 is 20.7 Å². The number of nitrogens with zero attached hydrogens (tertiary/aromatic N) is 5. The van der Waals surface area contributed by atoms with Gasteiger partial charge in [-0.2, -0.15) is 4.98 Å². The molecule has 47 heavy (non-hydrogen) atoms. The van der Waals surface area contributed by atoms with E-state index in [1.54, 1.807) is 33.1 Å². The molecule has 5 rings (SSSR count). The molecule has 3 heterocycles. The Morgan fingerprint density at radius 3 is 2.64 bits per heavy atom. The fourth-order valence-corrected chi connectivity index (χ4v) is 5.61. The van der Waals surface area contributed by atoms with Gasteiger partial charge in [0.1, 0.15) is 24.5 Å². The number of fused-ring (bicyclic) bond motifs is 2. The number of hydrogen-bond donors (Lipinski definition) is 2. The highest BCUT2D eigenvalue weighted by Gasteiger charge is 2.21. The second-order valence-electron chi connectivity index (χ2n) is 11.7. The predicted molar refractivity (Wildman–Crippen MR) is 183 cm³/mol. The number of anilines is 2. The molecule has 0 saturated carbocycles. The lowest BCUT2D eigenvalue weighted by atomic mass is 10.1. The van der Waals surface area contributed by atoms with Gasteiger partial charge in [-0.05, 0) is 61.6 Å². The maximum Gasteiger partial charge on any atom is 0.407 e. The molecule has 13 heteroatoms. The van der Waals surface area contributed by atoms with Crippen LogP contribution in [0, 0.1) is 6.57 Å². The van der Waals surface area contributed by atoms with E-state index in [1.807, 2.05) is 60.5 Å². The van der Waals surface area contributed by atoms with E-state index in [9.17, 15) is 9.59 Å². The summed E-state index contributed by atoms with van der Waals surface area (Å²) in [5, 5.41) is 3.77. The van der Waals surface area contributed by atoms with Crippen molar-refractivity contribution >= 4 is 63.1 Å². The Kier molecular flexibility index (Phi) is 10.0. The van der Waals surface area contributed by atoms with Crippen molar-refractivity contribution in [3.63, 3.8) is 0 Å². The lowest BCUT2D eigenvalue weighted by molar-refractivity contribution is -0.149. The van der Waals surface area contributed by atoms with Crippen molar-refractivity contribution in [2.45, 2.75) is 45.9 Å². The molecule has 4 aromatic rings. The minimum atomic E-state index is -0.679. The van der Waals surface area contributed by atoms with Gasteiger partial charge in [-0.25, -0.2) is 14.6 Å². The number of likely N-dealkylation sites (N-methyl/N-ethyl adjacent to an activating group) is 1. The standard InChI is InChI=1S/C34H35N7O5S/c1-34(2,3)46-31(42)27(36-4)18-25-16-23-10-11-24(17-28(23)47-25)41(5)14-15-44-33(43)38-19-21-6-8-22(9-7-21)20-45-30-29-26(12-13-37-29)39-32(35)40-30/h6-11,13,16-18H,12,14-15,19-20H2,1-3,5H3,(H,38,43)(H2,35,39,40)/b27-18-. The zero-order valence-electron chi connectivity index (χ0n) is 26.6. The van der Waals surface area contributed by atoms with Gasteiger partial charge in [-0.15, -0.1) is 11.3 Å². The van der Waals surface area contributed by atoms with Gasteiger partial charge >= 0.3 is 12.1 Å². The molecule has 1 aliphatic heterocycles. The Bertz CT molecular complexity index is 1890. The predicted octanol–water partition coefficient (Wildman–Crippen LogP) is 6.08. The van der Waals surface area contributed by atoms with Gasteiger partial charge in [0.15, 0.2) is 0 Å². The number of nitrogen functional groups attached to an aromatic ring is 1. The van der Waals surface area contributed by atoms with Crippen LogP contribution in [0.4, 0.5) is 22.1 Å². The Hall–Kier alpha value is -5.48. The Morgan fingerprint density at radius 1 is 1.13 bits per heavy atom. The van der Waals surface area contributed by atoms with Crippen molar-refractivity contribution in [1.82, 2.24) is 15.3 Å². The van der Waals surface area contributed by atoms with Gasteiger partial charge in [-0.1, -0.05) is 30.3 Å². The van der Waals surface area contributed by atoms with E-state index in [0.717, 1.165) is 37.5 Å². The molecular weight excluding hydrogens is 618 g/mol.